The van der Waals surface area contributed by atoms with Gasteiger partial charge in [0.1, 0.15) is 6.61 Å². The Morgan fingerprint density at radius 2 is 1.83 bits per heavy atom. The number of esters is 1. The number of nitrogens with zero attached hydrogens (tertiary/aromatic N) is 1. The predicted molar refractivity (Wildman–Crippen MR) is 112 cm³/mol. The zero-order valence-corrected chi connectivity index (χ0v) is 17.1. The van der Waals surface area contributed by atoms with E-state index in [2.05, 4.69) is 6.08 Å². The number of hydrogen-bond acceptors (Lipinski definition) is 4. The minimum Gasteiger partial charge on any atom is -0.457 e. The summed E-state index contributed by atoms with van der Waals surface area (Å²) in [4.78, 5) is 39.6. The summed E-state index contributed by atoms with van der Waals surface area (Å²) in [5.41, 5.74) is 2.88. The molecule has 152 valence electrons. The van der Waals surface area contributed by atoms with Crippen LogP contribution in [-0.2, 0) is 20.9 Å². The summed E-state index contributed by atoms with van der Waals surface area (Å²) in [6.45, 7) is 2.16. The number of carbonyl (C=O) groups excluding carboxylic acids is 3. The first-order chi connectivity index (χ1) is 14.4. The van der Waals surface area contributed by atoms with Crippen LogP contribution >= 0.6 is 11.6 Å². The van der Waals surface area contributed by atoms with E-state index in [1.165, 1.54) is 10.5 Å². The Hall–Kier alpha value is -2.92. The molecule has 4 atom stereocenters. The number of anilines is 1. The van der Waals surface area contributed by atoms with Gasteiger partial charge in [-0.2, -0.15) is 0 Å². The third-order valence-electron chi connectivity index (χ3n) is 6.50. The molecular weight excluding hydrogens is 402 g/mol. The minimum atomic E-state index is -0.477. The number of fused-ring (bicyclic) bond motifs is 5. The van der Waals surface area contributed by atoms with Gasteiger partial charge >= 0.3 is 5.97 Å². The van der Waals surface area contributed by atoms with Crippen molar-refractivity contribution < 1.29 is 19.1 Å². The number of rotatable bonds is 4. The van der Waals surface area contributed by atoms with E-state index in [4.69, 9.17) is 16.3 Å². The van der Waals surface area contributed by atoms with Crippen LogP contribution in [0.25, 0.3) is 0 Å². The maximum atomic E-state index is 13.0. The normalized spacial score (nSPS) is 26.7. The van der Waals surface area contributed by atoms with Gasteiger partial charge in [-0.25, -0.2) is 4.79 Å². The van der Waals surface area contributed by atoms with E-state index in [0.29, 0.717) is 16.3 Å². The van der Waals surface area contributed by atoms with Gasteiger partial charge in [0.2, 0.25) is 11.8 Å². The van der Waals surface area contributed by atoms with Crippen molar-refractivity contribution >= 4 is 35.1 Å². The molecule has 5 nitrogen and oxygen atoms in total. The Morgan fingerprint density at radius 1 is 1.10 bits per heavy atom. The molecule has 2 aliphatic carbocycles. The lowest BCUT2D eigenvalue weighted by molar-refractivity contribution is -0.123. The first-order valence-electron chi connectivity index (χ1n) is 10.0. The average molecular weight is 422 g/mol. The van der Waals surface area contributed by atoms with Crippen molar-refractivity contribution in [3.05, 3.63) is 76.3 Å². The number of allylic oxidation sites excluding steroid dienone is 2. The number of halogens is 1. The van der Waals surface area contributed by atoms with Crippen LogP contribution in [0.15, 0.2) is 60.2 Å². The van der Waals surface area contributed by atoms with Crippen LogP contribution in [0.5, 0.6) is 0 Å². The van der Waals surface area contributed by atoms with Crippen LogP contribution < -0.4 is 4.90 Å². The van der Waals surface area contributed by atoms with Crippen molar-refractivity contribution in [3.63, 3.8) is 0 Å². The van der Waals surface area contributed by atoms with Crippen LogP contribution in [0.1, 0.15) is 29.3 Å². The quantitative estimate of drug-likeness (QED) is 0.417. The Labute approximate surface area is 179 Å². The summed E-state index contributed by atoms with van der Waals surface area (Å²) in [5.74, 6) is -0.859. The van der Waals surface area contributed by atoms with Crippen LogP contribution in [0.2, 0.25) is 5.02 Å². The van der Waals surface area contributed by atoms with Gasteiger partial charge in [-0.3, -0.25) is 14.5 Å². The second kappa shape index (κ2) is 7.10. The average Bonchev–Trinajstić information content (AvgIpc) is 3.37. The topological polar surface area (TPSA) is 63.7 Å². The standard InChI is InChI=1S/C24H20ClNO4/c1-13-9-16-11-19(13)21-20(16)22(27)26(23(21)28)18-7-5-15(6-8-18)24(29)30-12-14-3-2-4-17(25)10-14/h2-10,16,19-21H,11-12H2,1H3/t16-,19+,20+,21+/m1/s1. The summed E-state index contributed by atoms with van der Waals surface area (Å²) in [7, 11) is 0. The maximum absolute atomic E-state index is 13.0. The van der Waals surface area contributed by atoms with E-state index >= 15 is 0 Å². The van der Waals surface area contributed by atoms with Crippen molar-refractivity contribution in [2.75, 3.05) is 4.90 Å². The Morgan fingerprint density at radius 3 is 2.57 bits per heavy atom. The number of hydrogen-bond donors (Lipinski definition) is 0. The summed E-state index contributed by atoms with van der Waals surface area (Å²) in [6, 6.07) is 13.6. The molecule has 2 aromatic rings. The lowest BCUT2D eigenvalue weighted by atomic mass is 9.82. The van der Waals surface area contributed by atoms with Gasteiger partial charge in [-0.1, -0.05) is 35.4 Å². The smallest absolute Gasteiger partial charge is 0.338 e. The van der Waals surface area contributed by atoms with Gasteiger partial charge in [0.05, 0.1) is 23.1 Å². The molecule has 0 N–H and O–H groups in total. The molecule has 2 aromatic carbocycles. The molecule has 6 heteroatoms. The Bertz CT molecular complexity index is 1090. The predicted octanol–water partition coefficient (Wildman–Crippen LogP) is 4.40. The lowest BCUT2D eigenvalue weighted by Crippen LogP contribution is -2.32. The first-order valence-corrected chi connectivity index (χ1v) is 10.4. The molecule has 5 rings (SSSR count). The van der Waals surface area contributed by atoms with Crippen LogP contribution in [0.3, 0.4) is 0 Å². The molecule has 2 amide bonds. The summed E-state index contributed by atoms with van der Waals surface area (Å²) >= 11 is 5.94. The number of imide groups is 1. The molecule has 0 aromatic heterocycles. The van der Waals surface area contributed by atoms with Gasteiger partial charge in [0, 0.05) is 5.02 Å². The molecule has 1 saturated carbocycles. The first kappa shape index (κ1) is 19.1. The molecule has 0 unspecified atom stereocenters. The second-order valence-corrected chi connectivity index (χ2v) is 8.67. The van der Waals surface area contributed by atoms with E-state index in [1.54, 1.807) is 42.5 Å². The highest BCUT2D eigenvalue weighted by atomic mass is 35.5. The lowest BCUT2D eigenvalue weighted by Gasteiger charge is -2.19. The fraction of sp³-hybridized carbons (Fsp3) is 0.292. The summed E-state index contributed by atoms with van der Waals surface area (Å²) < 4.78 is 5.33. The molecule has 1 heterocycles. The van der Waals surface area contributed by atoms with Gasteiger partial charge in [-0.05, 0) is 67.1 Å². The largest absolute Gasteiger partial charge is 0.457 e. The Kier molecular flexibility index (Phi) is 4.51. The number of amides is 2. The zero-order chi connectivity index (χ0) is 21.0. The van der Waals surface area contributed by atoms with E-state index < -0.39 is 5.97 Å². The molecule has 1 saturated heterocycles. The fourth-order valence-corrected chi connectivity index (χ4v) is 5.35. The summed E-state index contributed by atoms with van der Waals surface area (Å²) in [5, 5.41) is 0.580. The van der Waals surface area contributed by atoms with Crippen LogP contribution in [0, 0.1) is 23.7 Å². The van der Waals surface area contributed by atoms with Gasteiger partial charge < -0.3 is 4.74 Å². The monoisotopic (exact) mass is 421 g/mol. The molecule has 2 bridgehead atoms. The van der Waals surface area contributed by atoms with Gasteiger partial charge in [0.25, 0.3) is 0 Å². The Balaban J connectivity index is 1.29. The van der Waals surface area contributed by atoms with Crippen molar-refractivity contribution in [3.8, 4) is 0 Å². The molecule has 3 aliphatic rings. The molecule has 1 aliphatic heterocycles. The highest BCUT2D eigenvalue weighted by molar-refractivity contribution is 6.30. The molecule has 0 radical (unpaired) electrons. The summed E-state index contributed by atoms with van der Waals surface area (Å²) in [6.07, 6.45) is 3.06. The molecule has 30 heavy (non-hydrogen) atoms. The third kappa shape index (κ3) is 2.96. The minimum absolute atomic E-state index is 0.114. The molecule has 0 spiro atoms. The maximum Gasteiger partial charge on any atom is 0.338 e. The van der Waals surface area contributed by atoms with Gasteiger partial charge in [-0.15, -0.1) is 0 Å². The van der Waals surface area contributed by atoms with Crippen LogP contribution in [-0.4, -0.2) is 17.8 Å². The highest BCUT2D eigenvalue weighted by Crippen LogP contribution is 2.55. The fourth-order valence-electron chi connectivity index (χ4n) is 5.13. The molecule has 2 fully saturated rings. The van der Waals surface area contributed by atoms with Crippen molar-refractivity contribution in [1.29, 1.82) is 0 Å². The number of carbonyl (C=O) groups is 3. The van der Waals surface area contributed by atoms with E-state index in [1.807, 2.05) is 13.0 Å². The SMILES string of the molecule is CC1=C[C@@H]2C[C@@H]1[C@@H]1C(=O)N(c3ccc(C(=O)OCc4cccc(Cl)c4)cc3)C(=O)[C@H]12. The number of benzene rings is 2. The zero-order valence-electron chi connectivity index (χ0n) is 16.4. The van der Waals surface area contributed by atoms with Crippen molar-refractivity contribution in [2.24, 2.45) is 23.7 Å². The van der Waals surface area contributed by atoms with E-state index in [9.17, 15) is 14.4 Å². The van der Waals surface area contributed by atoms with E-state index in [0.717, 1.165) is 12.0 Å². The van der Waals surface area contributed by atoms with E-state index in [-0.39, 0.29) is 42.1 Å². The molecular formula is C24H20ClNO4. The van der Waals surface area contributed by atoms with Crippen molar-refractivity contribution in [1.82, 2.24) is 0 Å². The highest BCUT2D eigenvalue weighted by Gasteiger charge is 2.60. The van der Waals surface area contributed by atoms with Gasteiger partial charge in [0.15, 0.2) is 0 Å². The number of ether oxygens (including phenoxy) is 1. The van der Waals surface area contributed by atoms with Crippen LogP contribution in [0.4, 0.5) is 5.69 Å². The van der Waals surface area contributed by atoms with Crippen molar-refractivity contribution in [2.45, 2.75) is 20.0 Å². The third-order valence-corrected chi connectivity index (χ3v) is 6.74. The second-order valence-electron chi connectivity index (χ2n) is 8.23.